The van der Waals surface area contributed by atoms with Gasteiger partial charge in [0.2, 0.25) is 0 Å². The van der Waals surface area contributed by atoms with Gasteiger partial charge in [-0.1, -0.05) is 32.0 Å². The van der Waals surface area contributed by atoms with Crippen LogP contribution in [0.25, 0.3) is 0 Å². The molecule has 2 aromatic rings. The third kappa shape index (κ3) is 4.30. The quantitative estimate of drug-likeness (QED) is 0.754. The SMILES string of the molecule is CC1(C)CNCc2ccc(N3CCN(c4ccc(CCC(=O)O)cc4)C3=O)cc21.Cl. The van der Waals surface area contributed by atoms with E-state index in [2.05, 4.69) is 31.3 Å². The zero-order valence-electron chi connectivity index (χ0n) is 17.4. The van der Waals surface area contributed by atoms with Gasteiger partial charge < -0.3 is 10.4 Å². The van der Waals surface area contributed by atoms with Crippen LogP contribution in [-0.4, -0.2) is 36.7 Å². The summed E-state index contributed by atoms with van der Waals surface area (Å²) in [6, 6.07) is 13.9. The van der Waals surface area contributed by atoms with Crippen LogP contribution in [0, 0.1) is 0 Å². The molecule has 0 bridgehead atoms. The lowest BCUT2D eigenvalue weighted by Crippen LogP contribution is -2.39. The highest BCUT2D eigenvalue weighted by atomic mass is 35.5. The maximum Gasteiger partial charge on any atom is 0.329 e. The number of hydrogen-bond donors (Lipinski definition) is 2. The number of carboxylic acid groups (broad SMARTS) is 1. The van der Waals surface area contributed by atoms with E-state index < -0.39 is 5.97 Å². The lowest BCUT2D eigenvalue weighted by atomic mass is 9.79. The third-order valence-corrected chi connectivity index (χ3v) is 5.90. The highest BCUT2D eigenvalue weighted by molar-refractivity contribution is 6.06. The Labute approximate surface area is 183 Å². The number of amides is 2. The molecule has 4 rings (SSSR count). The molecule has 7 heteroatoms. The molecule has 6 nitrogen and oxygen atoms in total. The van der Waals surface area contributed by atoms with Crippen molar-refractivity contribution in [1.82, 2.24) is 5.32 Å². The van der Waals surface area contributed by atoms with Gasteiger partial charge in [-0.25, -0.2) is 4.79 Å². The number of halogens is 1. The van der Waals surface area contributed by atoms with Crippen LogP contribution < -0.4 is 15.1 Å². The zero-order valence-corrected chi connectivity index (χ0v) is 18.2. The number of carboxylic acids is 1. The third-order valence-electron chi connectivity index (χ3n) is 5.90. The first-order chi connectivity index (χ1) is 13.8. The van der Waals surface area contributed by atoms with Gasteiger partial charge in [0, 0.05) is 49.4 Å². The van der Waals surface area contributed by atoms with Crippen LogP contribution in [0.4, 0.5) is 16.2 Å². The molecular weight excluding hydrogens is 402 g/mol. The minimum absolute atomic E-state index is 0. The maximum absolute atomic E-state index is 13.1. The number of nitrogens with zero attached hydrogens (tertiary/aromatic N) is 2. The van der Waals surface area contributed by atoms with Crippen molar-refractivity contribution in [1.29, 1.82) is 0 Å². The van der Waals surface area contributed by atoms with E-state index in [1.807, 2.05) is 35.2 Å². The Morgan fingerprint density at radius 1 is 1.07 bits per heavy atom. The minimum Gasteiger partial charge on any atom is -0.481 e. The molecule has 1 saturated heterocycles. The van der Waals surface area contributed by atoms with Crippen LogP contribution in [0.15, 0.2) is 42.5 Å². The Hall–Kier alpha value is -2.57. The summed E-state index contributed by atoms with van der Waals surface area (Å²) in [6.45, 7) is 7.54. The molecule has 0 aromatic heterocycles. The molecule has 1 fully saturated rings. The summed E-state index contributed by atoms with van der Waals surface area (Å²) >= 11 is 0. The van der Waals surface area contributed by atoms with Crippen molar-refractivity contribution in [2.24, 2.45) is 0 Å². The molecule has 2 aliphatic heterocycles. The monoisotopic (exact) mass is 429 g/mol. The lowest BCUT2D eigenvalue weighted by molar-refractivity contribution is -0.136. The second kappa shape index (κ2) is 8.66. The number of benzene rings is 2. The fourth-order valence-corrected chi connectivity index (χ4v) is 4.23. The zero-order chi connectivity index (χ0) is 20.6. The van der Waals surface area contributed by atoms with E-state index in [1.54, 1.807) is 4.90 Å². The van der Waals surface area contributed by atoms with Gasteiger partial charge in [-0.05, 0) is 47.4 Å². The molecule has 0 spiro atoms. The fourth-order valence-electron chi connectivity index (χ4n) is 4.23. The number of carbonyl (C=O) groups excluding carboxylic acids is 1. The van der Waals surface area contributed by atoms with Crippen LogP contribution in [0.3, 0.4) is 0 Å². The molecule has 2 aromatic carbocycles. The molecule has 2 heterocycles. The first kappa shape index (κ1) is 22.1. The smallest absolute Gasteiger partial charge is 0.329 e. The number of rotatable bonds is 5. The molecule has 2 aliphatic rings. The summed E-state index contributed by atoms with van der Waals surface area (Å²) in [5.74, 6) is -0.802. The summed E-state index contributed by atoms with van der Waals surface area (Å²) in [5, 5.41) is 12.3. The molecule has 0 unspecified atom stereocenters. The Balaban J connectivity index is 0.00000256. The van der Waals surface area contributed by atoms with Crippen LogP contribution >= 0.6 is 12.4 Å². The standard InChI is InChI=1S/C23H27N3O3.ClH/c1-23(2)15-24-14-17-6-9-19(13-20(17)23)26-12-11-25(22(26)29)18-7-3-16(4-8-18)5-10-21(27)28;/h3-4,6-9,13,24H,5,10-12,14-15H2,1-2H3,(H,27,28);1H. The Bertz CT molecular complexity index is 943. The summed E-state index contributed by atoms with van der Waals surface area (Å²) in [4.78, 5) is 27.5. The molecule has 0 atom stereocenters. The maximum atomic E-state index is 13.1. The molecule has 160 valence electrons. The first-order valence-electron chi connectivity index (χ1n) is 10.1. The van der Waals surface area contributed by atoms with Gasteiger partial charge in [-0.2, -0.15) is 0 Å². The van der Waals surface area contributed by atoms with Crippen molar-refractivity contribution < 1.29 is 14.7 Å². The van der Waals surface area contributed by atoms with Gasteiger partial charge in [-0.15, -0.1) is 12.4 Å². The normalized spacial score (nSPS) is 17.5. The van der Waals surface area contributed by atoms with Gasteiger partial charge in [0.1, 0.15) is 0 Å². The van der Waals surface area contributed by atoms with Crippen molar-refractivity contribution in [2.45, 2.75) is 38.6 Å². The summed E-state index contributed by atoms with van der Waals surface area (Å²) in [5.41, 5.74) is 5.40. The number of urea groups is 1. The minimum atomic E-state index is -0.802. The summed E-state index contributed by atoms with van der Waals surface area (Å²) in [7, 11) is 0. The van der Waals surface area contributed by atoms with E-state index >= 15 is 0 Å². The van der Waals surface area contributed by atoms with E-state index in [4.69, 9.17) is 5.11 Å². The highest BCUT2D eigenvalue weighted by Crippen LogP contribution is 2.34. The van der Waals surface area contributed by atoms with Gasteiger partial charge in [0.05, 0.1) is 0 Å². The van der Waals surface area contributed by atoms with Crippen molar-refractivity contribution in [3.8, 4) is 0 Å². The molecule has 0 saturated carbocycles. The highest BCUT2D eigenvalue weighted by Gasteiger charge is 2.33. The Kier molecular flexibility index (Phi) is 6.38. The predicted octanol–water partition coefficient (Wildman–Crippen LogP) is 3.95. The molecule has 30 heavy (non-hydrogen) atoms. The number of aryl methyl sites for hydroxylation is 1. The van der Waals surface area contributed by atoms with Gasteiger partial charge in [0.15, 0.2) is 0 Å². The van der Waals surface area contributed by atoms with E-state index in [-0.39, 0.29) is 30.3 Å². The Morgan fingerprint density at radius 2 is 1.70 bits per heavy atom. The van der Waals surface area contributed by atoms with Crippen LogP contribution in [0.5, 0.6) is 0 Å². The topological polar surface area (TPSA) is 72.9 Å². The van der Waals surface area contributed by atoms with Crippen LogP contribution in [0.2, 0.25) is 0 Å². The molecule has 2 amide bonds. The lowest BCUT2D eigenvalue weighted by Gasteiger charge is -2.34. The van der Waals surface area contributed by atoms with Gasteiger partial charge in [0.25, 0.3) is 0 Å². The molecular formula is C23H28ClN3O3. The predicted molar refractivity (Wildman–Crippen MR) is 121 cm³/mol. The fraction of sp³-hybridized carbons (Fsp3) is 0.391. The molecule has 0 aliphatic carbocycles. The van der Waals surface area contributed by atoms with E-state index in [9.17, 15) is 9.59 Å². The van der Waals surface area contributed by atoms with Crippen LogP contribution in [0.1, 0.15) is 37.0 Å². The van der Waals surface area contributed by atoms with Crippen molar-refractivity contribution in [3.05, 3.63) is 59.2 Å². The van der Waals surface area contributed by atoms with E-state index in [0.29, 0.717) is 19.5 Å². The van der Waals surface area contributed by atoms with Gasteiger partial charge in [-0.3, -0.25) is 14.6 Å². The summed E-state index contributed by atoms with van der Waals surface area (Å²) < 4.78 is 0. The Morgan fingerprint density at radius 3 is 2.37 bits per heavy atom. The van der Waals surface area contributed by atoms with E-state index in [0.717, 1.165) is 30.0 Å². The number of fused-ring (bicyclic) bond motifs is 1. The first-order valence-corrected chi connectivity index (χ1v) is 10.1. The van der Waals surface area contributed by atoms with Crippen molar-refractivity contribution >= 4 is 35.8 Å². The number of aliphatic carboxylic acids is 1. The number of carbonyl (C=O) groups is 2. The second-order valence-corrected chi connectivity index (χ2v) is 8.47. The van der Waals surface area contributed by atoms with Crippen LogP contribution in [-0.2, 0) is 23.2 Å². The largest absolute Gasteiger partial charge is 0.481 e. The van der Waals surface area contributed by atoms with Gasteiger partial charge >= 0.3 is 12.0 Å². The van der Waals surface area contributed by atoms with E-state index in [1.165, 1.54) is 11.1 Å². The number of hydrogen-bond acceptors (Lipinski definition) is 3. The number of anilines is 2. The molecule has 0 radical (unpaired) electrons. The average Bonchev–Trinajstić information content (AvgIpc) is 3.08. The average molecular weight is 430 g/mol. The number of nitrogens with one attached hydrogen (secondary N) is 1. The van der Waals surface area contributed by atoms with Crippen molar-refractivity contribution in [2.75, 3.05) is 29.4 Å². The molecule has 2 N–H and O–H groups in total. The van der Waals surface area contributed by atoms with Crippen molar-refractivity contribution in [3.63, 3.8) is 0 Å². The summed E-state index contributed by atoms with van der Waals surface area (Å²) in [6.07, 6.45) is 0.607. The second-order valence-electron chi connectivity index (χ2n) is 8.47.